The SMILES string of the molecule is O=CC(CC1(N2CCCC2)CCCN1C=O)n1c(=O)c(-c2ccccc2)nc2ccccc21. The first-order chi connectivity index (χ1) is 16.2. The van der Waals surface area contributed by atoms with Gasteiger partial charge in [-0.2, -0.15) is 0 Å². The number of aromatic nitrogens is 2. The van der Waals surface area contributed by atoms with Gasteiger partial charge in [-0.25, -0.2) is 4.98 Å². The zero-order chi connectivity index (χ0) is 22.8. The minimum atomic E-state index is -0.714. The first kappa shape index (κ1) is 21.5. The molecule has 7 nitrogen and oxygen atoms in total. The molecule has 2 aromatic carbocycles. The van der Waals surface area contributed by atoms with Crippen LogP contribution in [0.4, 0.5) is 0 Å². The van der Waals surface area contributed by atoms with Gasteiger partial charge in [-0.15, -0.1) is 0 Å². The maximum absolute atomic E-state index is 13.8. The van der Waals surface area contributed by atoms with Crippen molar-refractivity contribution in [2.24, 2.45) is 0 Å². The smallest absolute Gasteiger partial charge is 0.278 e. The number of carbonyl (C=O) groups is 2. The van der Waals surface area contributed by atoms with Crippen molar-refractivity contribution in [1.82, 2.24) is 19.4 Å². The average Bonchev–Trinajstić information content (AvgIpc) is 3.54. The highest BCUT2D eigenvalue weighted by atomic mass is 16.1. The molecule has 0 bridgehead atoms. The number of fused-ring (bicyclic) bond motifs is 1. The lowest BCUT2D eigenvalue weighted by atomic mass is 9.95. The summed E-state index contributed by atoms with van der Waals surface area (Å²) in [5.74, 6) is 0. The van der Waals surface area contributed by atoms with Gasteiger partial charge >= 0.3 is 0 Å². The molecule has 1 amide bonds. The number of hydrogen-bond acceptors (Lipinski definition) is 5. The van der Waals surface area contributed by atoms with Crippen molar-refractivity contribution in [3.8, 4) is 11.3 Å². The first-order valence-corrected chi connectivity index (χ1v) is 11.7. The minimum absolute atomic E-state index is 0.288. The number of carbonyl (C=O) groups excluding carboxylic acids is 2. The predicted molar refractivity (Wildman–Crippen MR) is 127 cm³/mol. The van der Waals surface area contributed by atoms with Crippen LogP contribution in [-0.4, -0.2) is 57.3 Å². The molecule has 0 N–H and O–H groups in total. The number of likely N-dealkylation sites (tertiary alicyclic amines) is 2. The van der Waals surface area contributed by atoms with Gasteiger partial charge < -0.3 is 9.69 Å². The summed E-state index contributed by atoms with van der Waals surface area (Å²) in [6.45, 7) is 2.47. The summed E-state index contributed by atoms with van der Waals surface area (Å²) in [5, 5.41) is 0. The molecule has 1 aromatic heterocycles. The molecule has 7 heteroatoms. The highest BCUT2D eigenvalue weighted by molar-refractivity contribution is 5.79. The van der Waals surface area contributed by atoms with Gasteiger partial charge in [0.15, 0.2) is 0 Å². The van der Waals surface area contributed by atoms with Crippen molar-refractivity contribution in [3.63, 3.8) is 0 Å². The van der Waals surface area contributed by atoms with Crippen molar-refractivity contribution in [2.75, 3.05) is 19.6 Å². The second-order valence-corrected chi connectivity index (χ2v) is 8.98. The van der Waals surface area contributed by atoms with E-state index in [2.05, 4.69) is 9.88 Å². The first-order valence-electron chi connectivity index (χ1n) is 11.7. The van der Waals surface area contributed by atoms with Crippen LogP contribution in [0, 0.1) is 0 Å². The van der Waals surface area contributed by atoms with Crippen LogP contribution >= 0.6 is 0 Å². The Hall–Kier alpha value is -3.32. The van der Waals surface area contributed by atoms with E-state index in [0.29, 0.717) is 29.7 Å². The van der Waals surface area contributed by atoms with Gasteiger partial charge in [0.1, 0.15) is 12.0 Å². The van der Waals surface area contributed by atoms with Crippen LogP contribution in [0.1, 0.15) is 38.1 Å². The molecule has 33 heavy (non-hydrogen) atoms. The lowest BCUT2D eigenvalue weighted by molar-refractivity contribution is -0.132. The third-order valence-electron chi connectivity index (χ3n) is 7.20. The van der Waals surface area contributed by atoms with Gasteiger partial charge in [-0.3, -0.25) is 19.1 Å². The van der Waals surface area contributed by atoms with Crippen LogP contribution in [0.15, 0.2) is 59.4 Å². The normalized spacial score (nSPS) is 22.0. The molecule has 0 radical (unpaired) electrons. The molecule has 2 aliphatic rings. The van der Waals surface area contributed by atoms with E-state index >= 15 is 0 Å². The largest absolute Gasteiger partial charge is 0.327 e. The fourth-order valence-corrected chi connectivity index (χ4v) is 5.66. The van der Waals surface area contributed by atoms with Gasteiger partial charge in [0, 0.05) is 31.6 Å². The topological polar surface area (TPSA) is 75.5 Å². The fourth-order valence-electron chi connectivity index (χ4n) is 5.66. The van der Waals surface area contributed by atoms with E-state index in [9.17, 15) is 14.4 Å². The molecule has 0 saturated carbocycles. The van der Waals surface area contributed by atoms with Gasteiger partial charge in [-0.05, 0) is 37.8 Å². The van der Waals surface area contributed by atoms with E-state index in [-0.39, 0.29) is 5.56 Å². The standard InChI is InChI=1S/C26H28N4O3/c31-18-21(17-26(28-14-6-7-15-28)13-8-16-29(26)19-32)30-23-12-5-4-11-22(23)27-24(25(30)33)20-9-2-1-3-10-20/h1-5,9-12,18-19,21H,6-8,13-17H2. The van der Waals surface area contributed by atoms with Gasteiger partial charge in [0.05, 0.1) is 22.7 Å². The molecule has 170 valence electrons. The van der Waals surface area contributed by atoms with Crippen molar-refractivity contribution >= 4 is 23.7 Å². The van der Waals surface area contributed by atoms with E-state index in [4.69, 9.17) is 0 Å². The quantitative estimate of drug-likeness (QED) is 0.523. The van der Waals surface area contributed by atoms with Crippen molar-refractivity contribution < 1.29 is 9.59 Å². The highest BCUT2D eigenvalue weighted by Crippen LogP contribution is 2.40. The zero-order valence-electron chi connectivity index (χ0n) is 18.6. The van der Waals surface area contributed by atoms with E-state index in [1.54, 1.807) is 4.57 Å². The molecule has 3 heterocycles. The molecule has 2 fully saturated rings. The van der Waals surface area contributed by atoms with Crippen molar-refractivity contribution in [2.45, 2.75) is 43.8 Å². The maximum Gasteiger partial charge on any atom is 0.278 e. The number of hydrogen-bond donors (Lipinski definition) is 0. The van der Waals surface area contributed by atoms with Crippen molar-refractivity contribution in [1.29, 1.82) is 0 Å². The Labute approximate surface area is 192 Å². The lowest BCUT2D eigenvalue weighted by Gasteiger charge is -2.45. The second-order valence-electron chi connectivity index (χ2n) is 8.98. The number of amides is 1. The Kier molecular flexibility index (Phi) is 5.81. The molecule has 0 spiro atoms. The van der Waals surface area contributed by atoms with Crippen LogP contribution in [-0.2, 0) is 9.59 Å². The summed E-state index contributed by atoms with van der Waals surface area (Å²) in [5.41, 5.74) is 1.51. The third kappa shape index (κ3) is 3.66. The Morgan fingerprint density at radius 1 is 0.939 bits per heavy atom. The number of rotatable bonds is 7. The minimum Gasteiger partial charge on any atom is -0.327 e. The third-order valence-corrected chi connectivity index (χ3v) is 7.20. The van der Waals surface area contributed by atoms with Crippen LogP contribution in [0.3, 0.4) is 0 Å². The molecule has 2 atom stereocenters. The highest BCUT2D eigenvalue weighted by Gasteiger charge is 2.48. The lowest BCUT2D eigenvalue weighted by Crippen LogP contribution is -2.57. The zero-order valence-corrected chi connectivity index (χ0v) is 18.6. The van der Waals surface area contributed by atoms with Crippen LogP contribution in [0.2, 0.25) is 0 Å². The summed E-state index contributed by atoms with van der Waals surface area (Å²) < 4.78 is 1.59. The monoisotopic (exact) mass is 444 g/mol. The van der Waals surface area contributed by atoms with Gasteiger partial charge in [0.2, 0.25) is 6.41 Å². The summed E-state index contributed by atoms with van der Waals surface area (Å²) in [6, 6.07) is 16.1. The molecule has 2 aliphatic heterocycles. The van der Waals surface area contributed by atoms with Gasteiger partial charge in [-0.1, -0.05) is 42.5 Å². The number of benzene rings is 2. The van der Waals surface area contributed by atoms with Gasteiger partial charge in [0.25, 0.3) is 5.56 Å². The maximum atomic E-state index is 13.8. The van der Waals surface area contributed by atoms with E-state index in [0.717, 1.165) is 57.0 Å². The molecular weight excluding hydrogens is 416 g/mol. The van der Waals surface area contributed by atoms with Crippen LogP contribution in [0.5, 0.6) is 0 Å². The summed E-state index contributed by atoms with van der Waals surface area (Å²) in [7, 11) is 0. The number of para-hydroxylation sites is 2. The molecule has 2 unspecified atom stereocenters. The Bertz CT molecular complexity index is 1220. The van der Waals surface area contributed by atoms with E-state index in [1.807, 2.05) is 59.5 Å². The summed E-state index contributed by atoms with van der Waals surface area (Å²) in [6.07, 6.45) is 6.02. The van der Waals surface area contributed by atoms with Crippen LogP contribution in [0.25, 0.3) is 22.3 Å². The van der Waals surface area contributed by atoms with E-state index < -0.39 is 11.7 Å². The summed E-state index contributed by atoms with van der Waals surface area (Å²) >= 11 is 0. The Morgan fingerprint density at radius 3 is 2.39 bits per heavy atom. The second kappa shape index (κ2) is 8.90. The Balaban J connectivity index is 1.67. The molecule has 5 rings (SSSR count). The fraction of sp³-hybridized carbons (Fsp3) is 0.385. The average molecular weight is 445 g/mol. The predicted octanol–water partition coefficient (Wildman–Crippen LogP) is 3.24. The van der Waals surface area contributed by atoms with Crippen molar-refractivity contribution in [3.05, 3.63) is 65.0 Å². The summed E-state index contributed by atoms with van der Waals surface area (Å²) in [4.78, 5) is 47.2. The van der Waals surface area contributed by atoms with E-state index in [1.165, 1.54) is 0 Å². The number of aldehydes is 1. The number of nitrogens with zero attached hydrogens (tertiary/aromatic N) is 4. The molecule has 3 aromatic rings. The molecule has 0 aliphatic carbocycles. The Morgan fingerprint density at radius 2 is 1.67 bits per heavy atom. The molecular formula is C26H28N4O3. The van der Waals surface area contributed by atoms with Crippen LogP contribution < -0.4 is 5.56 Å². The molecule has 2 saturated heterocycles.